The van der Waals surface area contributed by atoms with Gasteiger partial charge in [0.1, 0.15) is 12.4 Å². The first kappa shape index (κ1) is 11.8. The lowest BCUT2D eigenvalue weighted by Crippen LogP contribution is -1.96. The van der Waals surface area contributed by atoms with E-state index in [9.17, 15) is 0 Å². The lowest BCUT2D eigenvalue weighted by atomic mass is 10.1. The summed E-state index contributed by atoms with van der Waals surface area (Å²) in [4.78, 5) is 3.27. The summed E-state index contributed by atoms with van der Waals surface area (Å²) in [6, 6.07) is 14.5. The van der Waals surface area contributed by atoms with Crippen LogP contribution < -0.4 is 4.74 Å². The van der Waals surface area contributed by atoms with Crippen molar-refractivity contribution >= 4 is 10.9 Å². The van der Waals surface area contributed by atoms with Gasteiger partial charge in [0.25, 0.3) is 0 Å². The van der Waals surface area contributed by atoms with Gasteiger partial charge in [0.2, 0.25) is 0 Å². The highest BCUT2D eigenvalue weighted by Gasteiger charge is 2.06. The maximum absolute atomic E-state index is 5.94. The first-order chi connectivity index (χ1) is 9.24. The van der Waals surface area contributed by atoms with Crippen LogP contribution in [0.3, 0.4) is 0 Å². The third kappa shape index (κ3) is 2.34. The summed E-state index contributed by atoms with van der Waals surface area (Å²) >= 11 is 0. The van der Waals surface area contributed by atoms with Crippen LogP contribution in [0.15, 0.2) is 48.7 Å². The first-order valence-corrected chi connectivity index (χ1v) is 6.49. The summed E-state index contributed by atoms with van der Waals surface area (Å²) in [7, 11) is 0. The Bertz CT molecular complexity index is 698. The van der Waals surface area contributed by atoms with E-state index in [1.807, 2.05) is 24.4 Å². The molecule has 0 atom stereocenters. The van der Waals surface area contributed by atoms with Gasteiger partial charge in [-0.1, -0.05) is 30.3 Å². The zero-order chi connectivity index (χ0) is 13.2. The second kappa shape index (κ2) is 4.81. The van der Waals surface area contributed by atoms with Crippen LogP contribution in [0.4, 0.5) is 0 Å². The molecule has 3 rings (SSSR count). The number of hydrogen-bond donors (Lipinski definition) is 1. The van der Waals surface area contributed by atoms with Crippen LogP contribution in [0.2, 0.25) is 0 Å². The molecule has 0 saturated carbocycles. The Morgan fingerprint density at radius 2 is 1.79 bits per heavy atom. The number of hydrogen-bond acceptors (Lipinski definition) is 1. The third-order valence-electron chi connectivity index (χ3n) is 3.42. The van der Waals surface area contributed by atoms with Crippen molar-refractivity contribution in [3.63, 3.8) is 0 Å². The van der Waals surface area contributed by atoms with Crippen molar-refractivity contribution in [3.8, 4) is 5.75 Å². The number of fused-ring (bicyclic) bond motifs is 1. The minimum atomic E-state index is 0.608. The van der Waals surface area contributed by atoms with E-state index >= 15 is 0 Å². The Hall–Kier alpha value is -2.22. The van der Waals surface area contributed by atoms with Gasteiger partial charge in [-0.25, -0.2) is 0 Å². The molecule has 96 valence electrons. The van der Waals surface area contributed by atoms with Crippen molar-refractivity contribution in [2.75, 3.05) is 0 Å². The van der Waals surface area contributed by atoms with Crippen LogP contribution in [-0.4, -0.2) is 4.98 Å². The minimum Gasteiger partial charge on any atom is -0.489 e. The van der Waals surface area contributed by atoms with Gasteiger partial charge in [0, 0.05) is 17.1 Å². The number of aromatic nitrogens is 1. The lowest BCUT2D eigenvalue weighted by Gasteiger charge is -2.10. The molecular weight excluding hydrogens is 234 g/mol. The van der Waals surface area contributed by atoms with Gasteiger partial charge in [0.15, 0.2) is 0 Å². The molecule has 3 aromatic rings. The second-order valence-electron chi connectivity index (χ2n) is 4.91. The lowest BCUT2D eigenvalue weighted by molar-refractivity contribution is 0.304. The van der Waals surface area contributed by atoms with Gasteiger partial charge in [-0.3, -0.25) is 0 Å². The van der Waals surface area contributed by atoms with E-state index in [1.165, 1.54) is 22.0 Å². The average molecular weight is 251 g/mol. The van der Waals surface area contributed by atoms with Crippen LogP contribution in [0.5, 0.6) is 5.75 Å². The maximum atomic E-state index is 5.94. The maximum Gasteiger partial charge on any atom is 0.123 e. The number of aryl methyl sites for hydroxylation is 2. The summed E-state index contributed by atoms with van der Waals surface area (Å²) in [6.07, 6.45) is 2.03. The molecule has 2 heteroatoms. The molecule has 0 bridgehead atoms. The van der Waals surface area contributed by atoms with E-state index in [4.69, 9.17) is 4.74 Å². The van der Waals surface area contributed by atoms with Crippen molar-refractivity contribution in [1.82, 2.24) is 4.98 Å². The van der Waals surface area contributed by atoms with Crippen molar-refractivity contribution in [2.24, 2.45) is 0 Å². The highest BCUT2D eigenvalue weighted by atomic mass is 16.5. The normalized spacial score (nSPS) is 10.8. The summed E-state index contributed by atoms with van der Waals surface area (Å²) in [6.45, 7) is 4.79. The van der Waals surface area contributed by atoms with E-state index in [2.05, 4.69) is 43.1 Å². The number of H-pyrrole nitrogens is 1. The van der Waals surface area contributed by atoms with Gasteiger partial charge < -0.3 is 9.72 Å². The summed E-state index contributed by atoms with van der Waals surface area (Å²) < 4.78 is 5.94. The van der Waals surface area contributed by atoms with Crippen LogP contribution in [0.1, 0.15) is 16.7 Å². The zero-order valence-corrected chi connectivity index (χ0v) is 11.2. The van der Waals surface area contributed by atoms with Crippen LogP contribution in [0, 0.1) is 13.8 Å². The molecule has 0 unspecified atom stereocenters. The monoisotopic (exact) mass is 251 g/mol. The molecule has 0 aliphatic rings. The number of benzene rings is 2. The van der Waals surface area contributed by atoms with Gasteiger partial charge in [-0.05, 0) is 42.7 Å². The van der Waals surface area contributed by atoms with Crippen LogP contribution >= 0.6 is 0 Å². The highest BCUT2D eigenvalue weighted by molar-refractivity contribution is 5.85. The standard InChI is InChI=1S/C17H17NO/c1-12-8-16-15(13(2)10-18-16)9-17(12)19-11-14-6-4-3-5-7-14/h3-10,18H,11H2,1-2H3. The highest BCUT2D eigenvalue weighted by Crippen LogP contribution is 2.27. The first-order valence-electron chi connectivity index (χ1n) is 6.49. The Balaban J connectivity index is 1.88. The molecule has 0 aliphatic heterocycles. The molecule has 0 saturated heterocycles. The molecule has 1 N–H and O–H groups in total. The Morgan fingerprint density at radius 1 is 1.00 bits per heavy atom. The van der Waals surface area contributed by atoms with Crippen molar-refractivity contribution in [3.05, 3.63) is 65.4 Å². The molecule has 2 nitrogen and oxygen atoms in total. The van der Waals surface area contributed by atoms with Gasteiger partial charge in [0.05, 0.1) is 0 Å². The molecule has 19 heavy (non-hydrogen) atoms. The largest absolute Gasteiger partial charge is 0.489 e. The summed E-state index contributed by atoms with van der Waals surface area (Å²) in [5.41, 5.74) is 4.76. The van der Waals surface area contributed by atoms with Gasteiger partial charge in [-0.2, -0.15) is 0 Å². The fraction of sp³-hybridized carbons (Fsp3) is 0.176. The van der Waals surface area contributed by atoms with Crippen LogP contribution in [0.25, 0.3) is 10.9 Å². The molecule has 0 spiro atoms. The predicted octanol–water partition coefficient (Wildman–Crippen LogP) is 4.36. The Kier molecular flexibility index (Phi) is 3.00. The quantitative estimate of drug-likeness (QED) is 0.735. The number of aromatic amines is 1. The summed E-state index contributed by atoms with van der Waals surface area (Å²) in [5.74, 6) is 0.957. The predicted molar refractivity (Wildman–Crippen MR) is 78.5 cm³/mol. The van der Waals surface area contributed by atoms with E-state index in [0.717, 1.165) is 11.3 Å². The van der Waals surface area contributed by atoms with Gasteiger partial charge in [-0.15, -0.1) is 0 Å². The molecule has 1 heterocycles. The SMILES string of the molecule is Cc1cc2[nH]cc(C)c2cc1OCc1ccccc1. The second-order valence-corrected chi connectivity index (χ2v) is 4.91. The molecule has 2 aromatic carbocycles. The fourth-order valence-corrected chi connectivity index (χ4v) is 2.29. The number of rotatable bonds is 3. The Labute approximate surface area is 113 Å². The van der Waals surface area contributed by atoms with Crippen molar-refractivity contribution in [2.45, 2.75) is 20.5 Å². The van der Waals surface area contributed by atoms with E-state index in [1.54, 1.807) is 0 Å². The fourth-order valence-electron chi connectivity index (χ4n) is 2.29. The molecule has 0 fully saturated rings. The topological polar surface area (TPSA) is 25.0 Å². The van der Waals surface area contributed by atoms with Gasteiger partial charge >= 0.3 is 0 Å². The molecular formula is C17H17NO. The smallest absolute Gasteiger partial charge is 0.123 e. The van der Waals surface area contributed by atoms with Crippen molar-refractivity contribution in [1.29, 1.82) is 0 Å². The van der Waals surface area contributed by atoms with Crippen LogP contribution in [-0.2, 0) is 6.61 Å². The molecule has 0 aliphatic carbocycles. The van der Waals surface area contributed by atoms with E-state index in [-0.39, 0.29) is 0 Å². The van der Waals surface area contributed by atoms with E-state index in [0.29, 0.717) is 6.61 Å². The molecule has 0 radical (unpaired) electrons. The minimum absolute atomic E-state index is 0.608. The van der Waals surface area contributed by atoms with E-state index < -0.39 is 0 Å². The van der Waals surface area contributed by atoms with Crippen molar-refractivity contribution < 1.29 is 4.74 Å². The number of nitrogens with one attached hydrogen (secondary N) is 1. The molecule has 0 amide bonds. The third-order valence-corrected chi connectivity index (χ3v) is 3.42. The molecule has 1 aromatic heterocycles. The Morgan fingerprint density at radius 3 is 2.58 bits per heavy atom. The zero-order valence-electron chi connectivity index (χ0n) is 11.2. The average Bonchev–Trinajstić information content (AvgIpc) is 2.78. The summed E-state index contributed by atoms with van der Waals surface area (Å²) in [5, 5.41) is 1.23. The number of ether oxygens (including phenoxy) is 1.